The van der Waals surface area contributed by atoms with Gasteiger partial charge in [-0.05, 0) is 37.8 Å². The highest BCUT2D eigenvalue weighted by atomic mass is 16.7. The van der Waals surface area contributed by atoms with Gasteiger partial charge in [-0.15, -0.1) is 0 Å². The molecule has 1 fully saturated rings. The third kappa shape index (κ3) is 3.02. The van der Waals surface area contributed by atoms with Gasteiger partial charge in [0.25, 0.3) is 0 Å². The van der Waals surface area contributed by atoms with Gasteiger partial charge in [-0.2, -0.15) is 4.98 Å². The summed E-state index contributed by atoms with van der Waals surface area (Å²) in [6.45, 7) is 0.244. The molecule has 0 radical (unpaired) electrons. The molecular formula is C17H20N4O3. The van der Waals surface area contributed by atoms with Crippen LogP contribution in [0.15, 0.2) is 24.5 Å². The number of benzene rings is 1. The summed E-state index contributed by atoms with van der Waals surface area (Å²) in [6.07, 6.45) is 7.41. The van der Waals surface area contributed by atoms with Crippen LogP contribution >= 0.6 is 0 Å². The van der Waals surface area contributed by atoms with E-state index >= 15 is 0 Å². The van der Waals surface area contributed by atoms with Gasteiger partial charge in [0.2, 0.25) is 12.7 Å². The summed E-state index contributed by atoms with van der Waals surface area (Å²) in [5.41, 5.74) is 7.42. The molecule has 2 aliphatic rings. The van der Waals surface area contributed by atoms with Crippen molar-refractivity contribution in [2.45, 2.75) is 38.2 Å². The molecule has 1 aromatic heterocycles. The van der Waals surface area contributed by atoms with Crippen LogP contribution in [0.1, 0.15) is 32.1 Å². The third-order valence-corrected chi connectivity index (χ3v) is 4.31. The highest BCUT2D eigenvalue weighted by Crippen LogP contribution is 2.36. The Morgan fingerprint density at radius 1 is 1.08 bits per heavy atom. The quantitative estimate of drug-likeness (QED) is 0.890. The van der Waals surface area contributed by atoms with Crippen LogP contribution in [0.4, 0.5) is 17.2 Å². The molecule has 1 aliphatic heterocycles. The second-order valence-electron chi connectivity index (χ2n) is 6.01. The zero-order chi connectivity index (χ0) is 16.4. The summed E-state index contributed by atoms with van der Waals surface area (Å²) in [7, 11) is 0. The lowest BCUT2D eigenvalue weighted by molar-refractivity contribution is 0.149. The van der Waals surface area contributed by atoms with Gasteiger partial charge in [-0.1, -0.05) is 6.42 Å². The van der Waals surface area contributed by atoms with Crippen LogP contribution in [-0.2, 0) is 0 Å². The minimum Gasteiger partial charge on any atom is -0.473 e. The Labute approximate surface area is 140 Å². The van der Waals surface area contributed by atoms with Gasteiger partial charge in [-0.3, -0.25) is 0 Å². The summed E-state index contributed by atoms with van der Waals surface area (Å²) >= 11 is 0. The Morgan fingerprint density at radius 2 is 1.92 bits per heavy atom. The second-order valence-corrected chi connectivity index (χ2v) is 6.01. The number of nitrogen functional groups attached to an aromatic ring is 1. The van der Waals surface area contributed by atoms with Gasteiger partial charge in [0.1, 0.15) is 18.1 Å². The molecule has 2 heterocycles. The molecule has 4 rings (SSSR count). The van der Waals surface area contributed by atoms with Crippen molar-refractivity contribution < 1.29 is 14.2 Å². The van der Waals surface area contributed by atoms with E-state index in [2.05, 4.69) is 15.3 Å². The topological polar surface area (TPSA) is 91.5 Å². The van der Waals surface area contributed by atoms with E-state index in [1.165, 1.54) is 25.6 Å². The van der Waals surface area contributed by atoms with Crippen LogP contribution in [0.3, 0.4) is 0 Å². The van der Waals surface area contributed by atoms with E-state index in [9.17, 15) is 0 Å². The minimum atomic E-state index is 0.189. The Hall–Kier alpha value is -2.70. The zero-order valence-electron chi connectivity index (χ0n) is 13.3. The molecule has 1 aromatic carbocycles. The van der Waals surface area contributed by atoms with Crippen molar-refractivity contribution in [2.75, 3.05) is 17.8 Å². The van der Waals surface area contributed by atoms with Crippen LogP contribution in [0.5, 0.6) is 17.4 Å². The van der Waals surface area contributed by atoms with E-state index in [1.807, 2.05) is 18.2 Å². The first-order valence-corrected chi connectivity index (χ1v) is 8.23. The number of nitrogens with zero attached hydrogens (tertiary/aromatic N) is 2. The fourth-order valence-electron chi connectivity index (χ4n) is 3.02. The number of nitrogens with two attached hydrogens (primary N) is 1. The number of aromatic nitrogens is 2. The summed E-state index contributed by atoms with van der Waals surface area (Å²) in [4.78, 5) is 8.41. The maximum atomic E-state index is 6.19. The van der Waals surface area contributed by atoms with Gasteiger partial charge < -0.3 is 25.3 Å². The van der Waals surface area contributed by atoms with Crippen LogP contribution in [0, 0.1) is 0 Å². The number of fused-ring (bicyclic) bond motifs is 1. The fourth-order valence-corrected chi connectivity index (χ4v) is 3.02. The molecule has 0 bridgehead atoms. The van der Waals surface area contributed by atoms with Crippen LogP contribution in [0.2, 0.25) is 0 Å². The number of ether oxygens (including phenoxy) is 3. The number of hydrogen-bond acceptors (Lipinski definition) is 7. The monoisotopic (exact) mass is 328 g/mol. The number of rotatable bonds is 4. The van der Waals surface area contributed by atoms with Crippen molar-refractivity contribution in [1.82, 2.24) is 9.97 Å². The first kappa shape index (κ1) is 14.9. The van der Waals surface area contributed by atoms with Crippen LogP contribution in [-0.4, -0.2) is 22.9 Å². The molecule has 126 valence electrons. The predicted molar refractivity (Wildman–Crippen MR) is 89.8 cm³/mol. The Morgan fingerprint density at radius 3 is 2.79 bits per heavy atom. The standard InChI is InChI=1S/C17H20N4O3/c18-15-16(21-11-6-7-13-14(8-11)23-10-22-13)19-9-20-17(15)24-12-4-2-1-3-5-12/h6-9,12H,1-5,10,18H2,(H,19,20,21). The van der Waals surface area contributed by atoms with E-state index in [0.717, 1.165) is 24.3 Å². The average Bonchev–Trinajstić information content (AvgIpc) is 3.07. The molecule has 0 saturated heterocycles. The molecule has 2 aromatic rings. The van der Waals surface area contributed by atoms with Gasteiger partial charge in [0.15, 0.2) is 17.3 Å². The highest BCUT2D eigenvalue weighted by molar-refractivity contribution is 5.73. The van der Waals surface area contributed by atoms with Crippen LogP contribution in [0.25, 0.3) is 0 Å². The molecule has 0 unspecified atom stereocenters. The van der Waals surface area contributed by atoms with Crippen molar-refractivity contribution in [2.24, 2.45) is 0 Å². The van der Waals surface area contributed by atoms with E-state index in [-0.39, 0.29) is 12.9 Å². The molecular weight excluding hydrogens is 308 g/mol. The minimum absolute atomic E-state index is 0.189. The largest absolute Gasteiger partial charge is 0.473 e. The van der Waals surface area contributed by atoms with Gasteiger partial charge >= 0.3 is 0 Å². The fraction of sp³-hybridized carbons (Fsp3) is 0.412. The van der Waals surface area contributed by atoms with Crippen LogP contribution < -0.4 is 25.3 Å². The molecule has 0 atom stereocenters. The molecule has 0 amide bonds. The first-order valence-electron chi connectivity index (χ1n) is 8.23. The lowest BCUT2D eigenvalue weighted by Gasteiger charge is -2.23. The Kier molecular flexibility index (Phi) is 3.98. The third-order valence-electron chi connectivity index (χ3n) is 4.31. The molecule has 7 nitrogen and oxygen atoms in total. The number of anilines is 3. The Balaban J connectivity index is 1.52. The lowest BCUT2D eigenvalue weighted by atomic mass is 9.98. The van der Waals surface area contributed by atoms with Gasteiger partial charge in [0.05, 0.1) is 0 Å². The Bertz CT molecular complexity index is 732. The summed E-state index contributed by atoms with van der Waals surface area (Å²) < 4.78 is 16.7. The SMILES string of the molecule is Nc1c(Nc2ccc3c(c2)OCO3)ncnc1OC1CCCCC1. The summed E-state index contributed by atoms with van der Waals surface area (Å²) in [6, 6.07) is 5.59. The second kappa shape index (κ2) is 6.43. The summed E-state index contributed by atoms with van der Waals surface area (Å²) in [5.74, 6) is 2.40. The summed E-state index contributed by atoms with van der Waals surface area (Å²) in [5, 5.41) is 3.19. The molecule has 24 heavy (non-hydrogen) atoms. The van der Waals surface area contributed by atoms with Gasteiger partial charge in [-0.25, -0.2) is 4.98 Å². The van der Waals surface area contributed by atoms with E-state index in [4.69, 9.17) is 19.9 Å². The molecule has 1 aliphatic carbocycles. The smallest absolute Gasteiger partial charge is 0.242 e. The van der Waals surface area contributed by atoms with Crippen molar-refractivity contribution in [1.29, 1.82) is 0 Å². The zero-order valence-corrected chi connectivity index (χ0v) is 13.3. The van der Waals surface area contributed by atoms with Gasteiger partial charge in [0, 0.05) is 11.8 Å². The maximum absolute atomic E-state index is 6.19. The van der Waals surface area contributed by atoms with E-state index in [0.29, 0.717) is 23.1 Å². The maximum Gasteiger partial charge on any atom is 0.242 e. The lowest BCUT2D eigenvalue weighted by Crippen LogP contribution is -2.21. The average molecular weight is 328 g/mol. The van der Waals surface area contributed by atoms with E-state index < -0.39 is 0 Å². The van der Waals surface area contributed by atoms with Crippen molar-refractivity contribution in [3.63, 3.8) is 0 Å². The van der Waals surface area contributed by atoms with Crippen molar-refractivity contribution in [3.05, 3.63) is 24.5 Å². The number of nitrogens with one attached hydrogen (secondary N) is 1. The van der Waals surface area contributed by atoms with Crippen molar-refractivity contribution >= 4 is 17.2 Å². The first-order chi connectivity index (χ1) is 11.8. The molecule has 3 N–H and O–H groups in total. The normalized spacial score (nSPS) is 16.8. The molecule has 7 heteroatoms. The predicted octanol–water partition coefficient (Wildman–Crippen LogP) is 3.24. The molecule has 0 spiro atoms. The highest BCUT2D eigenvalue weighted by Gasteiger charge is 2.19. The van der Waals surface area contributed by atoms with E-state index in [1.54, 1.807) is 0 Å². The molecule has 1 saturated carbocycles. The van der Waals surface area contributed by atoms with Crippen molar-refractivity contribution in [3.8, 4) is 17.4 Å². The number of hydrogen-bond donors (Lipinski definition) is 2.